The van der Waals surface area contributed by atoms with Crippen LogP contribution in [0.4, 0.5) is 5.69 Å². The summed E-state index contributed by atoms with van der Waals surface area (Å²) in [4.78, 5) is 4.29. The second kappa shape index (κ2) is 4.13. The van der Waals surface area contributed by atoms with Crippen LogP contribution in [0.15, 0.2) is 42.6 Å². The Labute approximate surface area is 89.8 Å². The van der Waals surface area contributed by atoms with Gasteiger partial charge in [-0.15, -0.1) is 0 Å². The van der Waals surface area contributed by atoms with Gasteiger partial charge in [-0.1, -0.05) is 24.3 Å². The molecule has 0 fully saturated rings. The summed E-state index contributed by atoms with van der Waals surface area (Å²) in [5, 5.41) is 0. The number of aromatic nitrogens is 1. The standard InChI is InChI=1S/C13H14N2/c1-10-4-2-3-5-11(10)8-13-7-6-12(14)9-15-13/h2-7,9H,8,14H2,1H3. The van der Waals surface area contributed by atoms with Crippen molar-refractivity contribution in [3.05, 3.63) is 59.4 Å². The zero-order valence-corrected chi connectivity index (χ0v) is 8.77. The van der Waals surface area contributed by atoms with Gasteiger partial charge in [-0.3, -0.25) is 4.98 Å². The number of nitrogen functional groups attached to an aromatic ring is 1. The number of nitrogens with two attached hydrogens (primary N) is 1. The molecule has 15 heavy (non-hydrogen) atoms. The van der Waals surface area contributed by atoms with Crippen molar-refractivity contribution in [2.24, 2.45) is 0 Å². The van der Waals surface area contributed by atoms with Gasteiger partial charge in [0.25, 0.3) is 0 Å². The van der Waals surface area contributed by atoms with E-state index < -0.39 is 0 Å². The Balaban J connectivity index is 2.22. The fourth-order valence-electron chi connectivity index (χ4n) is 1.54. The summed E-state index contributed by atoms with van der Waals surface area (Å²) < 4.78 is 0. The van der Waals surface area contributed by atoms with Crippen LogP contribution in [0.2, 0.25) is 0 Å². The summed E-state index contributed by atoms with van der Waals surface area (Å²) in [6.45, 7) is 2.12. The maximum absolute atomic E-state index is 5.59. The lowest BCUT2D eigenvalue weighted by Crippen LogP contribution is -1.95. The third kappa shape index (κ3) is 2.34. The molecule has 0 saturated carbocycles. The lowest BCUT2D eigenvalue weighted by atomic mass is 10.0. The molecule has 2 rings (SSSR count). The summed E-state index contributed by atoms with van der Waals surface area (Å²) in [6, 6.07) is 12.2. The van der Waals surface area contributed by atoms with E-state index in [0.29, 0.717) is 5.69 Å². The Bertz CT molecular complexity index is 446. The summed E-state index contributed by atoms with van der Waals surface area (Å²) >= 11 is 0. The van der Waals surface area contributed by atoms with E-state index in [1.807, 2.05) is 12.1 Å². The van der Waals surface area contributed by atoms with E-state index in [0.717, 1.165) is 12.1 Å². The van der Waals surface area contributed by atoms with E-state index in [2.05, 4.69) is 36.2 Å². The molecule has 0 radical (unpaired) electrons. The van der Waals surface area contributed by atoms with Crippen LogP contribution in [0.3, 0.4) is 0 Å². The lowest BCUT2D eigenvalue weighted by molar-refractivity contribution is 1.06. The zero-order chi connectivity index (χ0) is 10.7. The van der Waals surface area contributed by atoms with Crippen LogP contribution in [-0.2, 0) is 6.42 Å². The molecule has 2 aromatic rings. The second-order valence-corrected chi connectivity index (χ2v) is 3.69. The summed E-state index contributed by atoms with van der Waals surface area (Å²) in [5.41, 5.74) is 9.97. The number of hydrogen-bond acceptors (Lipinski definition) is 2. The number of nitrogens with zero attached hydrogens (tertiary/aromatic N) is 1. The summed E-state index contributed by atoms with van der Waals surface area (Å²) in [5.74, 6) is 0. The highest BCUT2D eigenvalue weighted by Gasteiger charge is 1.99. The average molecular weight is 198 g/mol. The Hall–Kier alpha value is -1.83. The van der Waals surface area contributed by atoms with Crippen molar-refractivity contribution in [3.63, 3.8) is 0 Å². The largest absolute Gasteiger partial charge is 0.397 e. The molecular formula is C13H14N2. The van der Waals surface area contributed by atoms with Gasteiger partial charge in [-0.2, -0.15) is 0 Å². The fourth-order valence-corrected chi connectivity index (χ4v) is 1.54. The van der Waals surface area contributed by atoms with Gasteiger partial charge in [0.05, 0.1) is 11.9 Å². The first-order valence-corrected chi connectivity index (χ1v) is 5.00. The third-order valence-electron chi connectivity index (χ3n) is 2.48. The smallest absolute Gasteiger partial charge is 0.0501 e. The van der Waals surface area contributed by atoms with Crippen molar-refractivity contribution >= 4 is 5.69 Å². The molecule has 0 atom stereocenters. The SMILES string of the molecule is Cc1ccccc1Cc1ccc(N)cn1. The van der Waals surface area contributed by atoms with Crippen molar-refractivity contribution in [2.45, 2.75) is 13.3 Å². The Morgan fingerprint density at radius 1 is 1.13 bits per heavy atom. The van der Waals surface area contributed by atoms with Gasteiger partial charge in [0.2, 0.25) is 0 Å². The predicted octanol–water partition coefficient (Wildman–Crippen LogP) is 2.56. The summed E-state index contributed by atoms with van der Waals surface area (Å²) in [7, 11) is 0. The highest BCUT2D eigenvalue weighted by atomic mass is 14.7. The van der Waals surface area contributed by atoms with Crippen molar-refractivity contribution in [3.8, 4) is 0 Å². The topological polar surface area (TPSA) is 38.9 Å². The van der Waals surface area contributed by atoms with Crippen LogP contribution >= 0.6 is 0 Å². The van der Waals surface area contributed by atoms with E-state index in [-0.39, 0.29) is 0 Å². The molecule has 2 N–H and O–H groups in total. The van der Waals surface area contributed by atoms with Crippen LogP contribution < -0.4 is 5.73 Å². The second-order valence-electron chi connectivity index (χ2n) is 3.69. The quantitative estimate of drug-likeness (QED) is 0.805. The van der Waals surface area contributed by atoms with Gasteiger partial charge in [-0.25, -0.2) is 0 Å². The minimum atomic E-state index is 0.712. The van der Waals surface area contributed by atoms with Crippen molar-refractivity contribution in [1.82, 2.24) is 4.98 Å². The molecule has 1 aromatic carbocycles. The van der Waals surface area contributed by atoms with Gasteiger partial charge in [0.15, 0.2) is 0 Å². The lowest BCUT2D eigenvalue weighted by Gasteiger charge is -2.04. The van der Waals surface area contributed by atoms with Crippen molar-refractivity contribution in [1.29, 1.82) is 0 Å². The van der Waals surface area contributed by atoms with E-state index in [1.165, 1.54) is 11.1 Å². The predicted molar refractivity (Wildman–Crippen MR) is 62.6 cm³/mol. The Morgan fingerprint density at radius 3 is 2.60 bits per heavy atom. The summed E-state index contributed by atoms with van der Waals surface area (Å²) in [6.07, 6.45) is 2.57. The van der Waals surface area contributed by atoms with E-state index in [1.54, 1.807) is 6.20 Å². The molecule has 0 spiro atoms. The molecule has 0 aliphatic heterocycles. The molecule has 2 nitrogen and oxygen atoms in total. The van der Waals surface area contributed by atoms with Gasteiger partial charge in [0.1, 0.15) is 0 Å². The number of hydrogen-bond donors (Lipinski definition) is 1. The first-order chi connectivity index (χ1) is 7.25. The number of pyridine rings is 1. The van der Waals surface area contributed by atoms with Crippen LogP contribution in [0.25, 0.3) is 0 Å². The molecule has 0 aliphatic rings. The third-order valence-corrected chi connectivity index (χ3v) is 2.48. The molecule has 0 bridgehead atoms. The van der Waals surface area contributed by atoms with Gasteiger partial charge in [0, 0.05) is 12.1 Å². The highest BCUT2D eigenvalue weighted by molar-refractivity contribution is 5.36. The minimum absolute atomic E-state index is 0.712. The maximum Gasteiger partial charge on any atom is 0.0501 e. The van der Waals surface area contributed by atoms with Crippen LogP contribution in [-0.4, -0.2) is 4.98 Å². The molecule has 1 heterocycles. The molecule has 76 valence electrons. The number of rotatable bonds is 2. The molecular weight excluding hydrogens is 184 g/mol. The normalized spacial score (nSPS) is 10.2. The Kier molecular flexibility index (Phi) is 2.68. The molecule has 0 amide bonds. The minimum Gasteiger partial charge on any atom is -0.397 e. The van der Waals surface area contributed by atoms with E-state index in [9.17, 15) is 0 Å². The van der Waals surface area contributed by atoms with Gasteiger partial charge in [-0.05, 0) is 30.2 Å². The molecule has 0 unspecified atom stereocenters. The van der Waals surface area contributed by atoms with E-state index in [4.69, 9.17) is 5.73 Å². The van der Waals surface area contributed by atoms with E-state index >= 15 is 0 Å². The van der Waals surface area contributed by atoms with Crippen LogP contribution in [0, 0.1) is 6.92 Å². The van der Waals surface area contributed by atoms with Gasteiger partial charge < -0.3 is 5.73 Å². The fraction of sp³-hybridized carbons (Fsp3) is 0.154. The number of anilines is 1. The molecule has 0 saturated heterocycles. The molecule has 0 aliphatic carbocycles. The first kappa shape index (κ1) is 9.71. The van der Waals surface area contributed by atoms with Crippen LogP contribution in [0.5, 0.6) is 0 Å². The highest BCUT2D eigenvalue weighted by Crippen LogP contribution is 2.12. The average Bonchev–Trinajstić information content (AvgIpc) is 2.25. The first-order valence-electron chi connectivity index (χ1n) is 5.00. The number of benzene rings is 1. The Morgan fingerprint density at radius 2 is 1.93 bits per heavy atom. The molecule has 1 aromatic heterocycles. The number of aryl methyl sites for hydroxylation is 1. The van der Waals surface area contributed by atoms with Crippen molar-refractivity contribution < 1.29 is 0 Å². The van der Waals surface area contributed by atoms with Crippen molar-refractivity contribution in [2.75, 3.05) is 5.73 Å². The monoisotopic (exact) mass is 198 g/mol. The molecule has 2 heteroatoms. The maximum atomic E-state index is 5.59. The van der Waals surface area contributed by atoms with Gasteiger partial charge >= 0.3 is 0 Å². The van der Waals surface area contributed by atoms with Crippen LogP contribution in [0.1, 0.15) is 16.8 Å². The zero-order valence-electron chi connectivity index (χ0n) is 8.77.